The molecule has 29 heavy (non-hydrogen) atoms. The van der Waals surface area contributed by atoms with Crippen LogP contribution in [0.25, 0.3) is 11.3 Å². The number of nitrogens with one attached hydrogen (secondary N) is 1. The molecule has 3 aromatic rings. The van der Waals surface area contributed by atoms with Gasteiger partial charge in [-0.15, -0.1) is 0 Å². The molecule has 0 saturated carbocycles. The largest absolute Gasteiger partial charge is 0.493 e. The lowest BCUT2D eigenvalue weighted by molar-refractivity contribution is -0.116. The number of hydrogen-bond acceptors (Lipinski definition) is 5. The van der Waals surface area contributed by atoms with E-state index in [1.54, 1.807) is 18.2 Å². The number of benzene rings is 2. The van der Waals surface area contributed by atoms with Gasteiger partial charge in [0.2, 0.25) is 5.91 Å². The molecule has 0 bridgehead atoms. The van der Waals surface area contributed by atoms with Crippen LogP contribution >= 0.6 is 0 Å². The molecule has 6 nitrogen and oxygen atoms in total. The van der Waals surface area contributed by atoms with E-state index in [9.17, 15) is 18.0 Å². The molecule has 0 aliphatic carbocycles. The molecule has 0 aliphatic heterocycles. The maximum absolute atomic E-state index is 13.8. The third-order valence-corrected chi connectivity index (χ3v) is 3.92. The topological polar surface area (TPSA) is 73.6 Å². The average Bonchev–Trinajstić information content (AvgIpc) is 3.15. The van der Waals surface area contributed by atoms with Crippen molar-refractivity contribution in [3.8, 4) is 22.8 Å². The smallest absolute Gasteiger partial charge is 0.387 e. The van der Waals surface area contributed by atoms with E-state index < -0.39 is 12.4 Å². The van der Waals surface area contributed by atoms with Crippen molar-refractivity contribution in [1.29, 1.82) is 0 Å². The van der Waals surface area contributed by atoms with Crippen LogP contribution in [-0.4, -0.2) is 24.6 Å². The minimum absolute atomic E-state index is 0.0221. The van der Waals surface area contributed by atoms with Gasteiger partial charge in [-0.3, -0.25) is 4.79 Å². The zero-order valence-electron chi connectivity index (χ0n) is 15.3. The summed E-state index contributed by atoms with van der Waals surface area (Å²) < 4.78 is 53.6. The van der Waals surface area contributed by atoms with E-state index in [4.69, 9.17) is 9.15 Å². The van der Waals surface area contributed by atoms with Crippen LogP contribution in [0.15, 0.2) is 53.1 Å². The second kappa shape index (κ2) is 9.13. The van der Waals surface area contributed by atoms with Gasteiger partial charge in [-0.1, -0.05) is 12.1 Å². The van der Waals surface area contributed by atoms with Gasteiger partial charge in [-0.05, 0) is 24.3 Å². The summed E-state index contributed by atoms with van der Waals surface area (Å²) in [6.45, 7) is -3.02. The predicted molar refractivity (Wildman–Crippen MR) is 98.5 cm³/mol. The lowest BCUT2D eigenvalue weighted by Gasteiger charge is -2.12. The molecule has 0 spiro atoms. The van der Waals surface area contributed by atoms with Gasteiger partial charge in [0.1, 0.15) is 5.82 Å². The molecule has 152 valence electrons. The van der Waals surface area contributed by atoms with E-state index in [2.05, 4.69) is 15.0 Å². The highest BCUT2D eigenvalue weighted by atomic mass is 19.3. The van der Waals surface area contributed by atoms with Crippen molar-refractivity contribution in [3.05, 3.63) is 60.4 Å². The summed E-state index contributed by atoms with van der Waals surface area (Å²) in [5.41, 5.74) is 0.548. The number of aromatic nitrogens is 1. The van der Waals surface area contributed by atoms with Gasteiger partial charge in [0.15, 0.2) is 23.1 Å². The van der Waals surface area contributed by atoms with Crippen LogP contribution in [0.3, 0.4) is 0 Å². The number of aryl methyl sites for hydroxylation is 1. The Hall–Kier alpha value is -3.49. The van der Waals surface area contributed by atoms with E-state index >= 15 is 0 Å². The van der Waals surface area contributed by atoms with Crippen molar-refractivity contribution >= 4 is 11.6 Å². The summed E-state index contributed by atoms with van der Waals surface area (Å²) in [6.07, 6.45) is 1.59. The molecular weight excluding hydrogens is 389 g/mol. The summed E-state index contributed by atoms with van der Waals surface area (Å²) in [7, 11) is 1.32. The lowest BCUT2D eigenvalue weighted by atomic mass is 10.2. The number of hydrogen-bond donors (Lipinski definition) is 1. The van der Waals surface area contributed by atoms with Crippen LogP contribution in [0.2, 0.25) is 0 Å². The van der Waals surface area contributed by atoms with Crippen molar-refractivity contribution in [1.82, 2.24) is 4.98 Å². The molecule has 0 fully saturated rings. The molecule has 0 radical (unpaired) electrons. The van der Waals surface area contributed by atoms with Crippen molar-refractivity contribution < 1.29 is 31.9 Å². The first-order chi connectivity index (χ1) is 14.0. The second-order valence-electron chi connectivity index (χ2n) is 5.89. The molecule has 0 atom stereocenters. The minimum Gasteiger partial charge on any atom is -0.493 e. The fraction of sp³-hybridized carbons (Fsp3) is 0.200. The van der Waals surface area contributed by atoms with Crippen LogP contribution in [0.1, 0.15) is 12.3 Å². The normalized spacial score (nSPS) is 10.8. The van der Waals surface area contributed by atoms with E-state index in [1.165, 1.54) is 37.6 Å². The van der Waals surface area contributed by atoms with E-state index in [0.717, 1.165) is 0 Å². The Morgan fingerprint density at radius 2 is 2.00 bits per heavy atom. The van der Waals surface area contributed by atoms with Crippen molar-refractivity contribution in [2.24, 2.45) is 0 Å². The highest BCUT2D eigenvalue weighted by molar-refractivity contribution is 5.91. The summed E-state index contributed by atoms with van der Waals surface area (Å²) >= 11 is 0. The van der Waals surface area contributed by atoms with Crippen molar-refractivity contribution in [2.75, 3.05) is 12.4 Å². The van der Waals surface area contributed by atoms with E-state index in [0.29, 0.717) is 0 Å². The molecule has 9 heteroatoms. The van der Waals surface area contributed by atoms with Crippen LogP contribution < -0.4 is 14.8 Å². The number of carbonyl (C=O) groups excluding carboxylic acids is 1. The molecule has 1 N–H and O–H groups in total. The van der Waals surface area contributed by atoms with Gasteiger partial charge >= 0.3 is 6.61 Å². The molecule has 0 aliphatic rings. The molecule has 3 rings (SSSR count). The van der Waals surface area contributed by atoms with Gasteiger partial charge in [0.25, 0.3) is 0 Å². The van der Waals surface area contributed by atoms with Gasteiger partial charge in [0, 0.05) is 24.6 Å². The zero-order chi connectivity index (χ0) is 20.8. The van der Waals surface area contributed by atoms with Gasteiger partial charge < -0.3 is 19.2 Å². The Morgan fingerprint density at radius 1 is 1.21 bits per heavy atom. The molecule has 1 amide bonds. The first-order valence-electron chi connectivity index (χ1n) is 8.58. The predicted octanol–water partition coefficient (Wildman–Crippen LogP) is 4.66. The Morgan fingerprint density at radius 3 is 2.72 bits per heavy atom. The highest BCUT2D eigenvalue weighted by Crippen LogP contribution is 2.31. The number of carbonyl (C=O) groups is 1. The monoisotopic (exact) mass is 406 g/mol. The number of rotatable bonds is 8. The molecule has 2 aromatic carbocycles. The third kappa shape index (κ3) is 5.28. The van der Waals surface area contributed by atoms with Gasteiger partial charge in [0.05, 0.1) is 18.9 Å². The fourth-order valence-electron chi connectivity index (χ4n) is 2.60. The summed E-state index contributed by atoms with van der Waals surface area (Å²) in [6, 6.07) is 10.3. The Balaban J connectivity index is 1.60. The first kappa shape index (κ1) is 20.2. The number of ether oxygens (including phenoxy) is 2. The highest BCUT2D eigenvalue weighted by Gasteiger charge is 2.14. The number of methoxy groups -OCH3 is 1. The van der Waals surface area contributed by atoms with Crippen LogP contribution in [0.4, 0.5) is 18.9 Å². The standard InChI is InChI=1S/C20H17F3N2O4/c1-27-15-7-6-12(10-16(15)29-20(22)23)25-18(26)8-9-19-24-11-17(28-19)13-4-2-3-5-14(13)21/h2-7,10-11,20H,8-9H2,1H3,(H,25,26). The minimum atomic E-state index is -3.02. The number of alkyl halides is 2. The number of amides is 1. The number of nitrogens with zero attached hydrogens (tertiary/aromatic N) is 1. The lowest BCUT2D eigenvalue weighted by Crippen LogP contribution is -2.13. The van der Waals surface area contributed by atoms with Crippen LogP contribution in [-0.2, 0) is 11.2 Å². The van der Waals surface area contributed by atoms with Crippen molar-refractivity contribution in [3.63, 3.8) is 0 Å². The Labute approximate surface area is 164 Å². The fourth-order valence-corrected chi connectivity index (χ4v) is 2.60. The number of halogens is 3. The summed E-state index contributed by atoms with van der Waals surface area (Å²) in [5, 5.41) is 2.58. The van der Waals surface area contributed by atoms with Crippen molar-refractivity contribution in [2.45, 2.75) is 19.5 Å². The average molecular weight is 406 g/mol. The number of anilines is 1. The quantitative estimate of drug-likeness (QED) is 0.589. The van der Waals surface area contributed by atoms with Crippen LogP contribution in [0.5, 0.6) is 11.5 Å². The summed E-state index contributed by atoms with van der Waals surface area (Å²) in [5.74, 6) is -0.360. The second-order valence-corrected chi connectivity index (χ2v) is 5.89. The number of oxazole rings is 1. The van der Waals surface area contributed by atoms with E-state index in [-0.39, 0.29) is 53.1 Å². The molecule has 0 saturated heterocycles. The van der Waals surface area contributed by atoms with Gasteiger partial charge in [-0.2, -0.15) is 8.78 Å². The van der Waals surface area contributed by atoms with Gasteiger partial charge in [-0.25, -0.2) is 9.37 Å². The molecule has 1 aromatic heterocycles. The maximum atomic E-state index is 13.8. The SMILES string of the molecule is COc1ccc(NC(=O)CCc2ncc(-c3ccccc3F)o2)cc1OC(F)F. The van der Waals surface area contributed by atoms with E-state index in [1.807, 2.05) is 0 Å². The molecule has 1 heterocycles. The zero-order valence-corrected chi connectivity index (χ0v) is 15.3. The Kier molecular flexibility index (Phi) is 6.38. The molecule has 0 unspecified atom stereocenters. The molecular formula is C20H17F3N2O4. The Bertz CT molecular complexity index is 991. The van der Waals surface area contributed by atoms with Crippen LogP contribution in [0, 0.1) is 5.82 Å². The first-order valence-corrected chi connectivity index (χ1v) is 8.58. The third-order valence-electron chi connectivity index (χ3n) is 3.92. The maximum Gasteiger partial charge on any atom is 0.387 e. The summed E-state index contributed by atoms with van der Waals surface area (Å²) in [4.78, 5) is 16.2.